The Balaban J connectivity index is 1.89. The van der Waals surface area contributed by atoms with Crippen LogP contribution in [-0.4, -0.2) is 11.8 Å². The molecule has 18 heavy (non-hydrogen) atoms. The summed E-state index contributed by atoms with van der Waals surface area (Å²) in [4.78, 5) is 22.5. The van der Waals surface area contributed by atoms with Crippen molar-refractivity contribution in [3.05, 3.63) is 34.4 Å². The summed E-state index contributed by atoms with van der Waals surface area (Å²) < 4.78 is 0. The Hall–Kier alpha value is -1.84. The molecule has 0 fully saturated rings. The van der Waals surface area contributed by atoms with Crippen molar-refractivity contribution in [3.8, 4) is 0 Å². The van der Waals surface area contributed by atoms with Crippen LogP contribution < -0.4 is 11.5 Å². The first kappa shape index (κ1) is 11.3. The molecule has 0 unspecified atom stereocenters. The number of carbonyl (C=O) groups is 2. The van der Waals surface area contributed by atoms with E-state index in [2.05, 4.69) is 12.1 Å². The van der Waals surface area contributed by atoms with Gasteiger partial charge in [0.05, 0.1) is 0 Å². The lowest BCUT2D eigenvalue weighted by Crippen LogP contribution is -2.23. The zero-order chi connectivity index (χ0) is 12.9. The Kier molecular flexibility index (Phi) is 2.40. The van der Waals surface area contributed by atoms with Crippen molar-refractivity contribution in [3.63, 3.8) is 0 Å². The molecular weight excluding hydrogens is 228 g/mol. The normalized spacial score (nSPS) is 18.7. The zero-order valence-corrected chi connectivity index (χ0v) is 10.1. The van der Waals surface area contributed by atoms with Gasteiger partial charge in [-0.3, -0.25) is 9.59 Å². The van der Waals surface area contributed by atoms with E-state index in [4.69, 9.17) is 11.5 Å². The maximum atomic E-state index is 11.2. The molecule has 94 valence electrons. The maximum Gasteiger partial charge on any atom is 0.221 e. The third kappa shape index (κ3) is 1.68. The average molecular weight is 244 g/mol. The monoisotopic (exact) mass is 244 g/mol. The Morgan fingerprint density at radius 3 is 1.28 bits per heavy atom. The van der Waals surface area contributed by atoms with E-state index in [0.29, 0.717) is 0 Å². The summed E-state index contributed by atoms with van der Waals surface area (Å²) >= 11 is 0. The second-order valence-electron chi connectivity index (χ2n) is 5.40. The van der Waals surface area contributed by atoms with Gasteiger partial charge in [-0.2, -0.15) is 0 Å². The van der Waals surface area contributed by atoms with Crippen LogP contribution >= 0.6 is 0 Å². The highest BCUT2D eigenvalue weighted by Crippen LogP contribution is 2.34. The number of nitrogens with two attached hydrogens (primary N) is 2. The minimum absolute atomic E-state index is 0.0607. The Labute approximate surface area is 105 Å². The summed E-state index contributed by atoms with van der Waals surface area (Å²) in [6, 6.07) is 4.27. The van der Waals surface area contributed by atoms with Gasteiger partial charge in [0.2, 0.25) is 11.8 Å². The van der Waals surface area contributed by atoms with Crippen LogP contribution in [0.15, 0.2) is 12.1 Å². The lowest BCUT2D eigenvalue weighted by molar-refractivity contribution is -0.122. The minimum Gasteiger partial charge on any atom is -0.369 e. The highest BCUT2D eigenvalue weighted by molar-refractivity contribution is 5.79. The third-order valence-corrected chi connectivity index (χ3v) is 4.19. The van der Waals surface area contributed by atoms with E-state index in [9.17, 15) is 9.59 Å². The quantitative estimate of drug-likeness (QED) is 0.772. The molecule has 0 aliphatic heterocycles. The van der Waals surface area contributed by atoms with Crippen molar-refractivity contribution in [2.75, 3.05) is 0 Å². The summed E-state index contributed by atoms with van der Waals surface area (Å²) in [6.45, 7) is 0. The first-order chi connectivity index (χ1) is 8.54. The number of fused-ring (bicyclic) bond motifs is 2. The van der Waals surface area contributed by atoms with Crippen LogP contribution in [0.3, 0.4) is 0 Å². The zero-order valence-electron chi connectivity index (χ0n) is 10.1. The summed E-state index contributed by atoms with van der Waals surface area (Å²) in [5.74, 6) is -0.563. The number of carbonyl (C=O) groups excluding carboxylic acids is 2. The molecule has 0 spiro atoms. The molecule has 0 atom stereocenters. The molecule has 0 heterocycles. The van der Waals surface area contributed by atoms with Crippen molar-refractivity contribution in [1.29, 1.82) is 0 Å². The largest absolute Gasteiger partial charge is 0.369 e. The Bertz CT molecular complexity index is 471. The van der Waals surface area contributed by atoms with E-state index in [1.54, 1.807) is 0 Å². The smallest absolute Gasteiger partial charge is 0.221 e. The molecule has 4 heteroatoms. The van der Waals surface area contributed by atoms with Crippen LogP contribution in [0.2, 0.25) is 0 Å². The number of benzene rings is 1. The molecular formula is C14H16N2O2. The lowest BCUT2D eigenvalue weighted by Gasteiger charge is -2.03. The number of amides is 2. The summed E-state index contributed by atoms with van der Waals surface area (Å²) in [7, 11) is 0. The Morgan fingerprint density at radius 2 is 1.06 bits per heavy atom. The first-order valence-corrected chi connectivity index (χ1v) is 6.26. The molecule has 3 rings (SSSR count). The first-order valence-electron chi connectivity index (χ1n) is 6.26. The molecule has 4 N–H and O–H groups in total. The number of primary amides is 2. The van der Waals surface area contributed by atoms with E-state index in [1.165, 1.54) is 22.3 Å². The molecule has 0 radical (unpaired) electrons. The van der Waals surface area contributed by atoms with Gasteiger partial charge in [0.1, 0.15) is 0 Å². The highest BCUT2D eigenvalue weighted by Gasteiger charge is 2.31. The van der Waals surface area contributed by atoms with Gasteiger partial charge in [0, 0.05) is 11.8 Å². The van der Waals surface area contributed by atoms with Crippen LogP contribution in [-0.2, 0) is 35.3 Å². The van der Waals surface area contributed by atoms with Crippen molar-refractivity contribution >= 4 is 11.8 Å². The fourth-order valence-corrected chi connectivity index (χ4v) is 3.16. The van der Waals surface area contributed by atoms with Crippen LogP contribution in [0, 0.1) is 11.8 Å². The van der Waals surface area contributed by atoms with E-state index in [1.807, 2.05) is 0 Å². The lowest BCUT2D eigenvalue weighted by atomic mass is 10.0. The van der Waals surface area contributed by atoms with Gasteiger partial charge in [-0.05, 0) is 47.9 Å². The fraction of sp³-hybridized carbons (Fsp3) is 0.429. The van der Waals surface area contributed by atoms with Gasteiger partial charge in [-0.25, -0.2) is 0 Å². The molecule has 2 aliphatic rings. The molecule has 0 saturated carbocycles. The standard InChI is InChI=1S/C14H16N2O2/c15-13(17)11-3-7-1-8-4-12(14(16)18)6-10(8)2-9(7)5-11/h1-2,11-12H,3-6H2,(H2,15,17)(H2,16,18). The molecule has 0 bridgehead atoms. The fourth-order valence-electron chi connectivity index (χ4n) is 3.16. The minimum atomic E-state index is -0.221. The van der Waals surface area contributed by atoms with Gasteiger partial charge < -0.3 is 11.5 Å². The molecule has 2 aliphatic carbocycles. The predicted octanol–water partition coefficient (Wildman–Crippen LogP) is 0.0868. The maximum absolute atomic E-state index is 11.2. The number of hydrogen-bond donors (Lipinski definition) is 2. The van der Waals surface area contributed by atoms with Crippen LogP contribution in [0.5, 0.6) is 0 Å². The molecule has 1 aromatic rings. The SMILES string of the molecule is NC(=O)C1Cc2cc3c(cc2C1)CC(C(N)=O)C3. The molecule has 0 saturated heterocycles. The van der Waals surface area contributed by atoms with E-state index in [-0.39, 0.29) is 23.7 Å². The third-order valence-electron chi connectivity index (χ3n) is 4.19. The second-order valence-corrected chi connectivity index (χ2v) is 5.40. The topological polar surface area (TPSA) is 86.2 Å². The summed E-state index contributed by atoms with van der Waals surface area (Å²) in [5.41, 5.74) is 15.6. The van der Waals surface area contributed by atoms with Crippen molar-refractivity contribution in [2.45, 2.75) is 25.7 Å². The van der Waals surface area contributed by atoms with Gasteiger partial charge in [-0.1, -0.05) is 12.1 Å². The predicted molar refractivity (Wildman–Crippen MR) is 66.6 cm³/mol. The van der Waals surface area contributed by atoms with Crippen LogP contribution in [0.1, 0.15) is 22.3 Å². The highest BCUT2D eigenvalue weighted by atomic mass is 16.1. The van der Waals surface area contributed by atoms with E-state index < -0.39 is 0 Å². The van der Waals surface area contributed by atoms with Gasteiger partial charge in [0.15, 0.2) is 0 Å². The Morgan fingerprint density at radius 1 is 0.778 bits per heavy atom. The van der Waals surface area contributed by atoms with Crippen molar-refractivity contribution < 1.29 is 9.59 Å². The second kappa shape index (κ2) is 3.83. The molecule has 0 aromatic heterocycles. The van der Waals surface area contributed by atoms with Crippen molar-refractivity contribution in [2.24, 2.45) is 23.3 Å². The molecule has 4 nitrogen and oxygen atoms in total. The van der Waals surface area contributed by atoms with E-state index in [0.717, 1.165) is 25.7 Å². The van der Waals surface area contributed by atoms with Crippen LogP contribution in [0.25, 0.3) is 0 Å². The van der Waals surface area contributed by atoms with Crippen molar-refractivity contribution in [1.82, 2.24) is 0 Å². The van der Waals surface area contributed by atoms with Crippen LogP contribution in [0.4, 0.5) is 0 Å². The molecule has 2 amide bonds. The average Bonchev–Trinajstić information content (AvgIpc) is 2.87. The van der Waals surface area contributed by atoms with E-state index >= 15 is 0 Å². The van der Waals surface area contributed by atoms with Gasteiger partial charge >= 0.3 is 0 Å². The number of rotatable bonds is 2. The summed E-state index contributed by atoms with van der Waals surface area (Å²) in [6.07, 6.45) is 2.94. The number of hydrogen-bond acceptors (Lipinski definition) is 2. The van der Waals surface area contributed by atoms with Gasteiger partial charge in [-0.15, -0.1) is 0 Å². The van der Waals surface area contributed by atoms with Gasteiger partial charge in [0.25, 0.3) is 0 Å². The summed E-state index contributed by atoms with van der Waals surface area (Å²) in [5, 5.41) is 0. The molecule has 1 aromatic carbocycles.